The van der Waals surface area contributed by atoms with E-state index in [1.165, 1.54) is 12.4 Å². The molecule has 0 amide bonds. The number of hydrogen-bond acceptors (Lipinski definition) is 5. The maximum Gasteiger partial charge on any atom is 0.422 e. The van der Waals surface area contributed by atoms with Crippen molar-refractivity contribution in [2.75, 3.05) is 18.5 Å². The minimum absolute atomic E-state index is 0. The third kappa shape index (κ3) is 6.57. The predicted octanol–water partition coefficient (Wildman–Crippen LogP) is 4.76. The van der Waals surface area contributed by atoms with E-state index in [0.717, 1.165) is 17.7 Å². The SMILES string of the molecule is Cl.N[C@@H](CNc1cc(-c2ccc(OCC(F)(F)F)c(F)c2)ncn1)c1ccccc1. The van der Waals surface area contributed by atoms with Crippen LogP contribution in [0.2, 0.25) is 0 Å². The number of nitrogens with zero attached hydrogens (tertiary/aromatic N) is 2. The van der Waals surface area contributed by atoms with Gasteiger partial charge in [-0.3, -0.25) is 0 Å². The van der Waals surface area contributed by atoms with Gasteiger partial charge in [0.05, 0.1) is 5.69 Å². The van der Waals surface area contributed by atoms with Crippen molar-refractivity contribution in [1.82, 2.24) is 9.97 Å². The van der Waals surface area contributed by atoms with E-state index in [0.29, 0.717) is 23.6 Å². The molecule has 30 heavy (non-hydrogen) atoms. The molecule has 3 N–H and O–H groups in total. The highest BCUT2D eigenvalue weighted by Crippen LogP contribution is 2.27. The number of benzene rings is 2. The van der Waals surface area contributed by atoms with Crippen LogP contribution in [0.5, 0.6) is 5.75 Å². The number of anilines is 1. The van der Waals surface area contributed by atoms with Gasteiger partial charge in [-0.25, -0.2) is 14.4 Å². The Morgan fingerprint density at radius 1 is 1.03 bits per heavy atom. The van der Waals surface area contributed by atoms with E-state index in [2.05, 4.69) is 20.0 Å². The number of nitrogens with two attached hydrogens (primary N) is 1. The van der Waals surface area contributed by atoms with Crippen LogP contribution in [-0.2, 0) is 0 Å². The second-order valence-electron chi connectivity index (χ2n) is 6.24. The Kier molecular flexibility index (Phi) is 7.96. The highest BCUT2D eigenvalue weighted by molar-refractivity contribution is 5.85. The van der Waals surface area contributed by atoms with Gasteiger partial charge in [0.1, 0.15) is 12.1 Å². The highest BCUT2D eigenvalue weighted by Gasteiger charge is 2.29. The average molecular weight is 443 g/mol. The summed E-state index contributed by atoms with van der Waals surface area (Å²) in [5, 5.41) is 3.10. The fourth-order valence-corrected chi connectivity index (χ4v) is 2.58. The summed E-state index contributed by atoms with van der Waals surface area (Å²) in [6, 6.07) is 14.5. The summed E-state index contributed by atoms with van der Waals surface area (Å²) in [7, 11) is 0. The Hall–Kier alpha value is -2.91. The summed E-state index contributed by atoms with van der Waals surface area (Å²) in [5.41, 5.74) is 7.88. The standard InChI is InChI=1S/C20H18F4N4O.ClH/c21-15-8-14(6-7-18(15)29-11-20(22,23)24)17-9-19(28-12-27-17)26-10-16(25)13-4-2-1-3-5-13;/h1-9,12,16H,10-11,25H2,(H,26,27,28);1H/t16-;/m0./s1. The molecule has 1 aromatic heterocycles. The van der Waals surface area contributed by atoms with E-state index in [-0.39, 0.29) is 18.4 Å². The van der Waals surface area contributed by atoms with Crippen LogP contribution in [0, 0.1) is 5.82 Å². The zero-order valence-corrected chi connectivity index (χ0v) is 16.4. The lowest BCUT2D eigenvalue weighted by Crippen LogP contribution is -2.21. The maximum atomic E-state index is 14.1. The van der Waals surface area contributed by atoms with Gasteiger partial charge in [0.2, 0.25) is 0 Å². The van der Waals surface area contributed by atoms with Gasteiger partial charge in [0.15, 0.2) is 18.2 Å². The van der Waals surface area contributed by atoms with Gasteiger partial charge in [-0.15, -0.1) is 12.4 Å². The van der Waals surface area contributed by atoms with E-state index in [1.54, 1.807) is 6.07 Å². The number of hydrogen-bond donors (Lipinski definition) is 2. The molecule has 1 heterocycles. The minimum atomic E-state index is -4.54. The molecule has 3 rings (SSSR count). The van der Waals surface area contributed by atoms with Crippen LogP contribution in [-0.4, -0.2) is 29.3 Å². The number of nitrogens with one attached hydrogen (secondary N) is 1. The Morgan fingerprint density at radius 2 is 1.77 bits per heavy atom. The van der Waals surface area contributed by atoms with Crippen molar-refractivity contribution >= 4 is 18.2 Å². The molecule has 2 aromatic carbocycles. The van der Waals surface area contributed by atoms with E-state index in [9.17, 15) is 17.6 Å². The molecule has 0 fully saturated rings. The number of rotatable bonds is 7. The second kappa shape index (κ2) is 10.2. The zero-order chi connectivity index (χ0) is 20.9. The molecule has 0 aliphatic rings. The summed E-state index contributed by atoms with van der Waals surface area (Å²) < 4.78 is 55.2. The van der Waals surface area contributed by atoms with Gasteiger partial charge in [0, 0.05) is 24.2 Å². The first-order valence-electron chi connectivity index (χ1n) is 8.68. The average Bonchev–Trinajstić information content (AvgIpc) is 2.71. The fraction of sp³-hybridized carbons (Fsp3) is 0.200. The van der Waals surface area contributed by atoms with Gasteiger partial charge in [0.25, 0.3) is 0 Å². The number of alkyl halides is 3. The van der Waals surface area contributed by atoms with Crippen LogP contribution in [0.25, 0.3) is 11.3 Å². The summed E-state index contributed by atoms with van der Waals surface area (Å²) in [6.07, 6.45) is -3.24. The molecule has 0 saturated heterocycles. The third-order valence-corrected chi connectivity index (χ3v) is 4.02. The fourth-order valence-electron chi connectivity index (χ4n) is 2.58. The molecule has 160 valence electrons. The van der Waals surface area contributed by atoms with Crippen LogP contribution < -0.4 is 15.8 Å². The van der Waals surface area contributed by atoms with E-state index in [4.69, 9.17) is 5.73 Å². The van der Waals surface area contributed by atoms with Gasteiger partial charge >= 0.3 is 6.18 Å². The van der Waals surface area contributed by atoms with Crippen LogP contribution in [0.15, 0.2) is 60.9 Å². The normalized spacial score (nSPS) is 12.0. The minimum Gasteiger partial charge on any atom is -0.481 e. The summed E-state index contributed by atoms with van der Waals surface area (Å²) in [4.78, 5) is 8.19. The second-order valence-corrected chi connectivity index (χ2v) is 6.24. The molecule has 10 heteroatoms. The lowest BCUT2D eigenvalue weighted by Gasteiger charge is -2.14. The van der Waals surface area contributed by atoms with Gasteiger partial charge in [-0.05, 0) is 23.8 Å². The van der Waals surface area contributed by atoms with Gasteiger partial charge in [-0.2, -0.15) is 13.2 Å². The van der Waals surface area contributed by atoms with Crippen molar-refractivity contribution in [2.24, 2.45) is 5.73 Å². The summed E-state index contributed by atoms with van der Waals surface area (Å²) in [5.74, 6) is -0.905. The lowest BCUT2D eigenvalue weighted by molar-refractivity contribution is -0.153. The molecule has 5 nitrogen and oxygen atoms in total. The zero-order valence-electron chi connectivity index (χ0n) is 15.6. The first-order valence-corrected chi connectivity index (χ1v) is 8.68. The van der Waals surface area contributed by atoms with Crippen molar-refractivity contribution in [3.63, 3.8) is 0 Å². The van der Waals surface area contributed by atoms with Crippen molar-refractivity contribution in [3.8, 4) is 17.0 Å². The predicted molar refractivity (Wildman–Crippen MR) is 108 cm³/mol. The van der Waals surface area contributed by atoms with Crippen LogP contribution in [0.4, 0.5) is 23.4 Å². The number of ether oxygens (including phenoxy) is 1. The number of aromatic nitrogens is 2. The topological polar surface area (TPSA) is 73.1 Å². The lowest BCUT2D eigenvalue weighted by atomic mass is 10.1. The van der Waals surface area contributed by atoms with Crippen LogP contribution in [0.3, 0.4) is 0 Å². The van der Waals surface area contributed by atoms with Crippen molar-refractivity contribution in [2.45, 2.75) is 12.2 Å². The molecule has 0 aliphatic carbocycles. The van der Waals surface area contributed by atoms with Gasteiger partial charge < -0.3 is 15.8 Å². The Balaban J connectivity index is 0.00000320. The van der Waals surface area contributed by atoms with Crippen molar-refractivity contribution < 1.29 is 22.3 Å². The largest absolute Gasteiger partial charge is 0.481 e. The quantitative estimate of drug-likeness (QED) is 0.516. The molecule has 0 aliphatic heterocycles. The Morgan fingerprint density at radius 3 is 2.43 bits per heavy atom. The van der Waals surface area contributed by atoms with Crippen LogP contribution in [0.1, 0.15) is 11.6 Å². The Labute approximate surface area is 176 Å². The monoisotopic (exact) mass is 442 g/mol. The molecule has 0 bridgehead atoms. The smallest absolute Gasteiger partial charge is 0.422 e. The van der Waals surface area contributed by atoms with Crippen molar-refractivity contribution in [3.05, 3.63) is 72.3 Å². The van der Waals surface area contributed by atoms with Crippen molar-refractivity contribution in [1.29, 1.82) is 0 Å². The first kappa shape index (κ1) is 23.4. The van der Waals surface area contributed by atoms with Crippen LogP contribution >= 0.6 is 12.4 Å². The Bertz CT molecular complexity index is 957. The molecular weight excluding hydrogens is 424 g/mol. The molecule has 0 spiro atoms. The molecule has 0 radical (unpaired) electrons. The summed E-state index contributed by atoms with van der Waals surface area (Å²) in [6.45, 7) is -1.15. The molecular formula is C20H19ClF4N4O. The molecule has 0 unspecified atom stereocenters. The first-order chi connectivity index (χ1) is 13.8. The number of halogens is 5. The highest BCUT2D eigenvalue weighted by atomic mass is 35.5. The molecule has 1 atom stereocenters. The third-order valence-electron chi connectivity index (χ3n) is 4.02. The van der Waals surface area contributed by atoms with E-state index in [1.807, 2.05) is 30.3 Å². The molecule has 0 saturated carbocycles. The van der Waals surface area contributed by atoms with E-state index >= 15 is 0 Å². The van der Waals surface area contributed by atoms with E-state index < -0.39 is 24.3 Å². The maximum absolute atomic E-state index is 14.1. The molecule has 3 aromatic rings. The van der Waals surface area contributed by atoms with Gasteiger partial charge in [-0.1, -0.05) is 30.3 Å². The summed E-state index contributed by atoms with van der Waals surface area (Å²) >= 11 is 0.